The number of hydrazine groups is 1. The topological polar surface area (TPSA) is 32.1 Å². The highest BCUT2D eigenvalue weighted by molar-refractivity contribution is 5.85. The van der Waals surface area contributed by atoms with Gasteiger partial charge >= 0.3 is 0 Å². The Bertz CT molecular complexity index is 422. The molecular weight excluding hydrogens is 212 g/mol. The van der Waals surface area contributed by atoms with Gasteiger partial charge in [-0.1, -0.05) is 13.8 Å². The molecule has 1 unspecified atom stereocenters. The lowest BCUT2D eigenvalue weighted by Crippen LogP contribution is -2.38. The van der Waals surface area contributed by atoms with E-state index in [1.165, 1.54) is 18.6 Å². The fourth-order valence-corrected chi connectivity index (χ4v) is 5.22. The maximum Gasteiger partial charge on any atom is 0.284 e. The van der Waals surface area contributed by atoms with Crippen molar-refractivity contribution in [1.29, 1.82) is 0 Å². The van der Waals surface area contributed by atoms with Gasteiger partial charge in [-0.15, -0.1) is 10.1 Å². The predicted octanol–water partition coefficient (Wildman–Crippen LogP) is 1.58. The van der Waals surface area contributed by atoms with E-state index in [1.54, 1.807) is 0 Å². The predicted molar refractivity (Wildman–Crippen MR) is 64.5 cm³/mol. The number of nitrogens with zero attached hydrogens (tertiary/aromatic N) is 1. The van der Waals surface area contributed by atoms with Crippen molar-refractivity contribution in [3.05, 3.63) is 0 Å². The quantitative estimate of drug-likeness (QED) is 0.721. The Hall–Kier alpha value is -0.860. The summed E-state index contributed by atoms with van der Waals surface area (Å²) < 4.78 is 2.27. The molecule has 3 nitrogen and oxygen atoms in total. The van der Waals surface area contributed by atoms with Crippen LogP contribution in [0.4, 0.5) is 0 Å². The highest BCUT2D eigenvalue weighted by Crippen LogP contribution is 2.71. The van der Waals surface area contributed by atoms with Crippen LogP contribution in [-0.2, 0) is 4.79 Å². The number of rotatable bonds is 2. The molecule has 1 amide bonds. The molecule has 4 rings (SSSR count). The van der Waals surface area contributed by atoms with Crippen molar-refractivity contribution in [3.8, 4) is 0 Å². The molecule has 17 heavy (non-hydrogen) atoms. The molecule has 1 aliphatic heterocycles. The van der Waals surface area contributed by atoms with Crippen molar-refractivity contribution in [2.24, 2.45) is 29.6 Å². The van der Waals surface area contributed by atoms with Crippen molar-refractivity contribution in [1.82, 2.24) is 5.43 Å². The first kappa shape index (κ1) is 10.1. The highest BCUT2D eigenvalue weighted by Gasteiger charge is 2.77. The van der Waals surface area contributed by atoms with Gasteiger partial charge in [-0.3, -0.25) is 4.79 Å². The standard InChI is InChI=1S/C14H20N2O/c1-3-7(4-2)16-13-9-6-5-8-10(9)11(8)12(13)14(17)15-16/h8-13H,3-6H2,1-2H3/p+1/t8-,9+,10?,11-,12+,13-/m1/s1. The first-order valence-electron chi connectivity index (χ1n) is 7.22. The molecule has 0 spiro atoms. The molecule has 0 bridgehead atoms. The number of fused-ring (bicyclic) bond motifs is 4. The molecule has 92 valence electrons. The molecule has 3 saturated carbocycles. The number of hydrogen-bond acceptors (Lipinski definition) is 1. The normalized spacial score (nSPS) is 49.1. The van der Waals surface area contributed by atoms with Crippen molar-refractivity contribution in [2.75, 3.05) is 0 Å². The molecule has 0 aromatic carbocycles. The number of nitrogens with one attached hydrogen (secondary N) is 1. The summed E-state index contributed by atoms with van der Waals surface area (Å²) in [6.07, 6.45) is 4.87. The fraction of sp³-hybridized carbons (Fsp3) is 0.857. The third-order valence-electron chi connectivity index (χ3n) is 5.83. The van der Waals surface area contributed by atoms with Crippen molar-refractivity contribution in [2.45, 2.75) is 45.6 Å². The van der Waals surface area contributed by atoms with E-state index in [9.17, 15) is 4.79 Å². The van der Waals surface area contributed by atoms with Crippen LogP contribution in [0.3, 0.4) is 0 Å². The lowest BCUT2D eigenvalue weighted by Gasteiger charge is -2.14. The molecule has 0 aromatic heterocycles. The van der Waals surface area contributed by atoms with Gasteiger partial charge in [-0.2, -0.15) is 0 Å². The summed E-state index contributed by atoms with van der Waals surface area (Å²) in [5, 5.41) is 0. The van der Waals surface area contributed by atoms with Gasteiger partial charge in [0.05, 0.1) is 0 Å². The average Bonchev–Trinajstić information content (AvgIpc) is 2.64. The molecule has 1 N–H and O–H groups in total. The van der Waals surface area contributed by atoms with Gasteiger partial charge < -0.3 is 0 Å². The minimum Gasteiger partial charge on any atom is -0.269 e. The molecule has 1 heterocycles. The van der Waals surface area contributed by atoms with Crippen LogP contribution < -0.4 is 5.43 Å². The van der Waals surface area contributed by atoms with Crippen LogP contribution in [0.1, 0.15) is 39.5 Å². The maximum atomic E-state index is 12.2. The zero-order chi connectivity index (χ0) is 11.7. The Morgan fingerprint density at radius 3 is 2.65 bits per heavy atom. The van der Waals surface area contributed by atoms with Crippen molar-refractivity contribution >= 4 is 11.6 Å². The van der Waals surface area contributed by atoms with Gasteiger partial charge in [0.15, 0.2) is 11.8 Å². The van der Waals surface area contributed by atoms with Gasteiger partial charge in [0, 0.05) is 18.8 Å². The second-order valence-electron chi connectivity index (χ2n) is 6.20. The van der Waals surface area contributed by atoms with Crippen LogP contribution in [0.25, 0.3) is 0 Å². The first-order valence-corrected chi connectivity index (χ1v) is 7.22. The van der Waals surface area contributed by atoms with E-state index in [4.69, 9.17) is 0 Å². The Kier molecular flexibility index (Phi) is 1.85. The Labute approximate surface area is 102 Å². The molecule has 3 heteroatoms. The van der Waals surface area contributed by atoms with Gasteiger partial charge in [-0.25, -0.2) is 0 Å². The number of carbonyl (C=O) groups excluding carboxylic acids is 1. The molecular formula is C14H21N2O+. The molecule has 4 fully saturated rings. The monoisotopic (exact) mass is 233 g/mol. The van der Waals surface area contributed by atoms with Crippen LogP contribution in [0.5, 0.6) is 0 Å². The van der Waals surface area contributed by atoms with Crippen molar-refractivity contribution < 1.29 is 9.48 Å². The fourth-order valence-electron chi connectivity index (χ4n) is 5.22. The molecule has 3 aliphatic carbocycles. The molecule has 4 aliphatic rings. The number of carbonyl (C=O) groups is 1. The van der Waals surface area contributed by atoms with E-state index in [0.717, 1.165) is 36.5 Å². The number of hydrogen-bond donors (Lipinski definition) is 1. The molecule has 0 radical (unpaired) electrons. The summed E-state index contributed by atoms with van der Waals surface area (Å²) in [5.41, 5.74) is 4.57. The zero-order valence-electron chi connectivity index (χ0n) is 10.6. The lowest BCUT2D eigenvalue weighted by molar-refractivity contribution is -0.604. The van der Waals surface area contributed by atoms with Crippen LogP contribution in [-0.4, -0.2) is 22.3 Å². The lowest BCUT2D eigenvalue weighted by atomic mass is 9.93. The first-order chi connectivity index (χ1) is 8.27. The zero-order valence-corrected chi connectivity index (χ0v) is 10.6. The molecule has 1 saturated heterocycles. The smallest absolute Gasteiger partial charge is 0.269 e. The summed E-state index contributed by atoms with van der Waals surface area (Å²) >= 11 is 0. The van der Waals surface area contributed by atoms with E-state index >= 15 is 0 Å². The van der Waals surface area contributed by atoms with Crippen LogP contribution >= 0.6 is 0 Å². The van der Waals surface area contributed by atoms with Gasteiger partial charge in [0.1, 0.15) is 5.92 Å². The Balaban J connectivity index is 1.77. The van der Waals surface area contributed by atoms with E-state index in [-0.39, 0.29) is 0 Å². The van der Waals surface area contributed by atoms with Crippen LogP contribution in [0.2, 0.25) is 0 Å². The number of hydrazone groups is 1. The Morgan fingerprint density at radius 1 is 1.24 bits per heavy atom. The van der Waals surface area contributed by atoms with E-state index in [1.807, 2.05) is 0 Å². The van der Waals surface area contributed by atoms with E-state index in [2.05, 4.69) is 24.0 Å². The largest absolute Gasteiger partial charge is 0.284 e. The van der Waals surface area contributed by atoms with Crippen molar-refractivity contribution in [3.63, 3.8) is 0 Å². The summed E-state index contributed by atoms with van der Waals surface area (Å²) in [4.78, 5) is 12.2. The molecule has 6 atom stereocenters. The summed E-state index contributed by atoms with van der Waals surface area (Å²) in [6, 6.07) is 0.506. The van der Waals surface area contributed by atoms with Crippen LogP contribution in [0, 0.1) is 29.6 Å². The second kappa shape index (κ2) is 3.12. The highest BCUT2D eigenvalue weighted by atomic mass is 16.2. The minimum absolute atomic E-state index is 0.316. The maximum absolute atomic E-state index is 12.2. The van der Waals surface area contributed by atoms with E-state index < -0.39 is 0 Å². The Morgan fingerprint density at radius 2 is 1.94 bits per heavy atom. The van der Waals surface area contributed by atoms with E-state index in [0.29, 0.717) is 17.9 Å². The molecule has 0 aromatic rings. The third kappa shape index (κ3) is 1.04. The SMILES string of the molecule is CCC(CC)=[N+]1NC(=O)[C@H]2[C@H]3C4[C@H]3CC[C@@H]4[C@H]21. The van der Waals surface area contributed by atoms with Gasteiger partial charge in [0.2, 0.25) is 0 Å². The average molecular weight is 233 g/mol. The summed E-state index contributed by atoms with van der Waals surface area (Å²) in [6.45, 7) is 4.40. The van der Waals surface area contributed by atoms with Gasteiger partial charge in [0.25, 0.3) is 5.91 Å². The van der Waals surface area contributed by atoms with Gasteiger partial charge in [-0.05, 0) is 30.6 Å². The number of amides is 1. The summed E-state index contributed by atoms with van der Waals surface area (Å²) in [7, 11) is 0. The third-order valence-corrected chi connectivity index (χ3v) is 5.83. The summed E-state index contributed by atoms with van der Waals surface area (Å²) in [5.74, 6) is 4.02. The minimum atomic E-state index is 0.316. The van der Waals surface area contributed by atoms with Crippen LogP contribution in [0.15, 0.2) is 0 Å². The second-order valence-corrected chi connectivity index (χ2v) is 6.20.